The van der Waals surface area contributed by atoms with Gasteiger partial charge in [0, 0.05) is 17.2 Å². The molecule has 0 amide bonds. The van der Waals surface area contributed by atoms with E-state index in [-0.39, 0.29) is 18.8 Å². The van der Waals surface area contributed by atoms with Crippen molar-refractivity contribution in [3.05, 3.63) is 0 Å². The zero-order valence-corrected chi connectivity index (χ0v) is 14.3. The number of rotatable bonds is 6. The summed E-state index contributed by atoms with van der Waals surface area (Å²) in [6.07, 6.45) is 0.0232. The molecule has 0 aliphatic rings. The van der Waals surface area contributed by atoms with E-state index in [9.17, 15) is 9.59 Å². The van der Waals surface area contributed by atoms with Crippen LogP contribution in [0.1, 0.15) is 34.1 Å². The third-order valence-electron chi connectivity index (χ3n) is 2.89. The van der Waals surface area contributed by atoms with Crippen LogP contribution in [-0.4, -0.2) is 27.5 Å². The SMILES string of the molecule is CCOC(=O)C(C(C)=O)C(C)(C)C(Cl)CC(Cl)(Cl)Cl. The van der Waals surface area contributed by atoms with Crippen molar-refractivity contribution in [3.63, 3.8) is 0 Å². The molecular formula is C12H18Cl4O3. The maximum atomic E-state index is 11.9. The Morgan fingerprint density at radius 2 is 1.68 bits per heavy atom. The van der Waals surface area contributed by atoms with Crippen molar-refractivity contribution in [2.75, 3.05) is 6.61 Å². The lowest BCUT2D eigenvalue weighted by Gasteiger charge is -2.36. The van der Waals surface area contributed by atoms with E-state index in [0.717, 1.165) is 0 Å². The van der Waals surface area contributed by atoms with Crippen molar-refractivity contribution < 1.29 is 14.3 Å². The Hall–Kier alpha value is 0.300. The predicted octanol–water partition coefficient (Wildman–Crippen LogP) is 4.15. The Morgan fingerprint density at radius 1 is 1.21 bits per heavy atom. The average Bonchev–Trinajstić information content (AvgIpc) is 2.13. The van der Waals surface area contributed by atoms with Gasteiger partial charge < -0.3 is 4.74 Å². The quantitative estimate of drug-likeness (QED) is 0.410. The van der Waals surface area contributed by atoms with Gasteiger partial charge in [0.05, 0.1) is 6.61 Å². The van der Waals surface area contributed by atoms with Gasteiger partial charge >= 0.3 is 5.97 Å². The van der Waals surface area contributed by atoms with Crippen molar-refractivity contribution in [2.24, 2.45) is 11.3 Å². The Bertz CT molecular complexity index is 336. The van der Waals surface area contributed by atoms with Crippen LogP contribution in [0.3, 0.4) is 0 Å². The van der Waals surface area contributed by atoms with E-state index in [1.165, 1.54) is 6.92 Å². The third-order valence-corrected chi connectivity index (χ3v) is 4.07. The lowest BCUT2D eigenvalue weighted by molar-refractivity contribution is -0.156. The standard InChI is InChI=1S/C12H18Cl4O3/c1-5-19-10(18)9(7(2)17)11(3,4)8(13)6-12(14,15)16/h8-9H,5-6H2,1-4H3. The predicted molar refractivity (Wildman–Crippen MR) is 79.1 cm³/mol. The molecule has 7 heteroatoms. The van der Waals surface area contributed by atoms with E-state index in [2.05, 4.69) is 0 Å². The Balaban J connectivity index is 5.19. The summed E-state index contributed by atoms with van der Waals surface area (Å²) in [5, 5.41) is -0.668. The van der Waals surface area contributed by atoms with E-state index in [4.69, 9.17) is 51.1 Å². The molecule has 0 aromatic rings. The van der Waals surface area contributed by atoms with Crippen LogP contribution in [0.2, 0.25) is 0 Å². The molecule has 0 heterocycles. The molecule has 0 aliphatic carbocycles. The number of hydrogen-bond donors (Lipinski definition) is 0. The number of ether oxygens (including phenoxy) is 1. The number of alkyl halides is 4. The number of Topliss-reactive ketones (excluding diaryl/α,β-unsaturated/α-hetero) is 1. The fraction of sp³-hybridized carbons (Fsp3) is 0.833. The summed E-state index contributed by atoms with van der Waals surface area (Å²) < 4.78 is 3.37. The van der Waals surface area contributed by atoms with Crippen molar-refractivity contribution in [2.45, 2.75) is 43.3 Å². The van der Waals surface area contributed by atoms with Gasteiger partial charge in [0.1, 0.15) is 11.7 Å². The summed E-state index contributed by atoms with van der Waals surface area (Å²) in [5.74, 6) is -1.91. The van der Waals surface area contributed by atoms with Crippen LogP contribution in [0.25, 0.3) is 0 Å². The number of carbonyl (C=O) groups is 2. The van der Waals surface area contributed by atoms with Gasteiger partial charge in [-0.15, -0.1) is 11.6 Å². The van der Waals surface area contributed by atoms with Gasteiger partial charge in [0.2, 0.25) is 0 Å². The highest BCUT2D eigenvalue weighted by molar-refractivity contribution is 6.67. The highest BCUT2D eigenvalue weighted by atomic mass is 35.6. The summed E-state index contributed by atoms with van der Waals surface area (Å²) in [6, 6.07) is 0. The summed E-state index contributed by atoms with van der Waals surface area (Å²) in [4.78, 5) is 23.6. The molecule has 0 saturated heterocycles. The maximum Gasteiger partial charge on any atom is 0.317 e. The maximum absolute atomic E-state index is 11.9. The fourth-order valence-corrected chi connectivity index (χ4v) is 2.92. The first-order valence-electron chi connectivity index (χ1n) is 5.81. The zero-order valence-electron chi connectivity index (χ0n) is 11.3. The molecule has 0 N–H and O–H groups in total. The summed E-state index contributed by atoms with van der Waals surface area (Å²) >= 11 is 23.3. The number of carbonyl (C=O) groups excluding carboxylic acids is 2. The molecule has 3 nitrogen and oxygen atoms in total. The molecule has 19 heavy (non-hydrogen) atoms. The molecule has 0 bridgehead atoms. The number of hydrogen-bond acceptors (Lipinski definition) is 3. The molecule has 0 aromatic heterocycles. The molecule has 0 fully saturated rings. The van der Waals surface area contributed by atoms with Crippen LogP contribution in [0.4, 0.5) is 0 Å². The first kappa shape index (κ1) is 19.3. The normalized spacial score (nSPS) is 15.8. The van der Waals surface area contributed by atoms with Crippen LogP contribution in [0.5, 0.6) is 0 Å². The molecule has 0 radical (unpaired) electrons. The van der Waals surface area contributed by atoms with Gasteiger partial charge in [-0.25, -0.2) is 0 Å². The van der Waals surface area contributed by atoms with Gasteiger partial charge in [-0.2, -0.15) is 0 Å². The smallest absolute Gasteiger partial charge is 0.317 e. The molecule has 0 aromatic carbocycles. The van der Waals surface area contributed by atoms with E-state index >= 15 is 0 Å². The lowest BCUT2D eigenvalue weighted by atomic mass is 9.73. The third kappa shape index (κ3) is 6.07. The van der Waals surface area contributed by atoms with Crippen molar-refractivity contribution >= 4 is 58.2 Å². The molecular weight excluding hydrogens is 334 g/mol. The monoisotopic (exact) mass is 350 g/mol. The lowest BCUT2D eigenvalue weighted by Crippen LogP contribution is -2.44. The van der Waals surface area contributed by atoms with Crippen LogP contribution in [0.15, 0.2) is 0 Å². The van der Waals surface area contributed by atoms with Crippen molar-refractivity contribution in [3.8, 4) is 0 Å². The second-order valence-electron chi connectivity index (χ2n) is 4.90. The second-order valence-corrected chi connectivity index (χ2v) is 7.95. The van der Waals surface area contributed by atoms with Crippen LogP contribution >= 0.6 is 46.4 Å². The van der Waals surface area contributed by atoms with Crippen LogP contribution in [0, 0.1) is 11.3 Å². The van der Waals surface area contributed by atoms with Crippen LogP contribution in [-0.2, 0) is 14.3 Å². The van der Waals surface area contributed by atoms with Crippen molar-refractivity contribution in [1.29, 1.82) is 0 Å². The first-order valence-corrected chi connectivity index (χ1v) is 7.38. The largest absolute Gasteiger partial charge is 0.465 e. The minimum absolute atomic E-state index is 0.0232. The Morgan fingerprint density at radius 3 is 2.00 bits per heavy atom. The average molecular weight is 352 g/mol. The molecule has 2 unspecified atom stereocenters. The van der Waals surface area contributed by atoms with Gasteiger partial charge in [-0.05, 0) is 13.8 Å². The second kappa shape index (κ2) is 7.35. The molecule has 0 saturated carbocycles. The molecule has 112 valence electrons. The number of esters is 1. The highest BCUT2D eigenvalue weighted by Crippen LogP contribution is 2.43. The van der Waals surface area contributed by atoms with Crippen LogP contribution < -0.4 is 0 Å². The minimum atomic E-state index is -1.54. The Labute approximate surface area is 133 Å². The molecule has 0 aliphatic heterocycles. The summed E-state index contributed by atoms with van der Waals surface area (Å²) in [5.41, 5.74) is -0.885. The topological polar surface area (TPSA) is 43.4 Å². The van der Waals surface area contributed by atoms with E-state index in [1.807, 2.05) is 0 Å². The van der Waals surface area contributed by atoms with Gasteiger partial charge in [-0.1, -0.05) is 48.7 Å². The number of ketones is 1. The first-order chi connectivity index (χ1) is 8.43. The zero-order chi connectivity index (χ0) is 15.4. The summed E-state index contributed by atoms with van der Waals surface area (Å²) in [6.45, 7) is 6.55. The highest BCUT2D eigenvalue weighted by Gasteiger charge is 2.46. The Kier molecular flexibility index (Phi) is 7.46. The van der Waals surface area contributed by atoms with Gasteiger partial charge in [0.25, 0.3) is 0 Å². The minimum Gasteiger partial charge on any atom is -0.465 e. The summed E-state index contributed by atoms with van der Waals surface area (Å²) in [7, 11) is 0. The molecule has 0 spiro atoms. The van der Waals surface area contributed by atoms with E-state index in [0.29, 0.717) is 0 Å². The van der Waals surface area contributed by atoms with Gasteiger partial charge in [-0.3, -0.25) is 9.59 Å². The fourth-order valence-electron chi connectivity index (χ4n) is 1.87. The molecule has 2 atom stereocenters. The molecule has 0 rings (SSSR count). The number of halogens is 4. The van der Waals surface area contributed by atoms with Crippen molar-refractivity contribution in [1.82, 2.24) is 0 Å². The van der Waals surface area contributed by atoms with Gasteiger partial charge in [0.15, 0.2) is 3.79 Å². The van der Waals surface area contributed by atoms with E-state index in [1.54, 1.807) is 20.8 Å². The van der Waals surface area contributed by atoms with E-state index < -0.39 is 26.5 Å².